The Morgan fingerprint density at radius 2 is 1.85 bits per heavy atom. The smallest absolute Gasteiger partial charge is 0.126 e. The lowest BCUT2D eigenvalue weighted by Crippen LogP contribution is -2.19. The standard InChI is InChI=1S/C16H18BrN3/c1-10-7-8-13(11(2)9-10)20(3)14-6-4-5-12(17)15(14)16(18)19/h4-9H,1-3H3,(H3,18,19). The van der Waals surface area contributed by atoms with Gasteiger partial charge in [-0.15, -0.1) is 0 Å². The summed E-state index contributed by atoms with van der Waals surface area (Å²) in [7, 11) is 1.99. The van der Waals surface area contributed by atoms with Crippen molar-refractivity contribution in [1.82, 2.24) is 0 Å². The number of hydrogen-bond donors (Lipinski definition) is 2. The van der Waals surface area contributed by atoms with Crippen molar-refractivity contribution in [1.29, 1.82) is 5.41 Å². The second-order valence-electron chi connectivity index (χ2n) is 4.90. The molecule has 0 aliphatic carbocycles. The molecule has 3 N–H and O–H groups in total. The summed E-state index contributed by atoms with van der Waals surface area (Å²) >= 11 is 3.47. The van der Waals surface area contributed by atoms with Gasteiger partial charge in [0.2, 0.25) is 0 Å². The fourth-order valence-electron chi connectivity index (χ4n) is 2.37. The molecule has 0 bridgehead atoms. The van der Waals surface area contributed by atoms with Gasteiger partial charge in [0.25, 0.3) is 0 Å². The Balaban J connectivity index is 2.56. The predicted molar refractivity (Wildman–Crippen MR) is 89.1 cm³/mol. The second-order valence-corrected chi connectivity index (χ2v) is 5.75. The van der Waals surface area contributed by atoms with Gasteiger partial charge in [-0.1, -0.05) is 23.8 Å². The molecule has 0 aliphatic rings. The maximum atomic E-state index is 7.78. The molecule has 0 aliphatic heterocycles. The van der Waals surface area contributed by atoms with Crippen molar-refractivity contribution in [3.05, 3.63) is 57.6 Å². The summed E-state index contributed by atoms with van der Waals surface area (Å²) in [5.74, 6) is 0.0593. The average molecular weight is 332 g/mol. The normalized spacial score (nSPS) is 10.4. The number of nitrogens with one attached hydrogen (secondary N) is 1. The highest BCUT2D eigenvalue weighted by atomic mass is 79.9. The molecule has 104 valence electrons. The van der Waals surface area contributed by atoms with Crippen LogP contribution in [0.15, 0.2) is 40.9 Å². The molecule has 0 unspecified atom stereocenters. The van der Waals surface area contributed by atoms with Crippen LogP contribution in [0.1, 0.15) is 16.7 Å². The number of nitrogens with two attached hydrogens (primary N) is 1. The fourth-order valence-corrected chi connectivity index (χ4v) is 2.94. The van der Waals surface area contributed by atoms with Crippen LogP contribution in [0.2, 0.25) is 0 Å². The lowest BCUT2D eigenvalue weighted by atomic mass is 10.1. The molecule has 3 nitrogen and oxygen atoms in total. The van der Waals surface area contributed by atoms with Crippen molar-refractivity contribution in [2.24, 2.45) is 5.73 Å². The lowest BCUT2D eigenvalue weighted by Gasteiger charge is -2.25. The van der Waals surface area contributed by atoms with Gasteiger partial charge in [0.05, 0.1) is 11.3 Å². The summed E-state index contributed by atoms with van der Waals surface area (Å²) in [5.41, 5.74) is 10.9. The number of rotatable bonds is 3. The van der Waals surface area contributed by atoms with Crippen molar-refractivity contribution in [2.45, 2.75) is 13.8 Å². The van der Waals surface area contributed by atoms with E-state index in [1.54, 1.807) is 0 Å². The third kappa shape index (κ3) is 2.70. The van der Waals surface area contributed by atoms with Crippen LogP contribution in [0, 0.1) is 19.3 Å². The maximum absolute atomic E-state index is 7.78. The molecule has 0 amide bonds. The van der Waals surface area contributed by atoms with Gasteiger partial charge in [-0.2, -0.15) is 0 Å². The van der Waals surface area contributed by atoms with Crippen molar-refractivity contribution >= 4 is 33.1 Å². The monoisotopic (exact) mass is 331 g/mol. The zero-order valence-corrected chi connectivity index (χ0v) is 13.5. The van der Waals surface area contributed by atoms with E-state index in [0.29, 0.717) is 0 Å². The summed E-state index contributed by atoms with van der Waals surface area (Å²) < 4.78 is 0.833. The van der Waals surface area contributed by atoms with Crippen LogP contribution in [-0.4, -0.2) is 12.9 Å². The first kappa shape index (κ1) is 14.6. The number of nitrogen functional groups attached to an aromatic ring is 1. The van der Waals surface area contributed by atoms with Crippen LogP contribution < -0.4 is 10.6 Å². The topological polar surface area (TPSA) is 53.1 Å². The van der Waals surface area contributed by atoms with Crippen LogP contribution in [0.5, 0.6) is 0 Å². The van der Waals surface area contributed by atoms with Crippen LogP contribution in [0.4, 0.5) is 11.4 Å². The maximum Gasteiger partial charge on any atom is 0.126 e. The molecule has 2 aromatic rings. The van der Waals surface area contributed by atoms with Crippen molar-refractivity contribution < 1.29 is 0 Å². The van der Waals surface area contributed by atoms with Gasteiger partial charge in [-0.05, 0) is 53.5 Å². The third-order valence-corrected chi connectivity index (χ3v) is 4.00. The SMILES string of the molecule is Cc1ccc(N(C)c2cccc(Br)c2C(=N)N)c(C)c1. The van der Waals surface area contributed by atoms with Gasteiger partial charge in [0, 0.05) is 17.2 Å². The van der Waals surface area contributed by atoms with E-state index >= 15 is 0 Å². The number of anilines is 2. The van der Waals surface area contributed by atoms with Gasteiger partial charge < -0.3 is 10.6 Å². The Hall–Kier alpha value is -1.81. The second kappa shape index (κ2) is 5.67. The molecule has 2 rings (SSSR count). The number of nitrogens with zero attached hydrogens (tertiary/aromatic N) is 1. The van der Waals surface area contributed by atoms with E-state index in [9.17, 15) is 0 Å². The Labute approximate surface area is 128 Å². The molecule has 0 heterocycles. The first-order chi connectivity index (χ1) is 9.41. The van der Waals surface area contributed by atoms with Crippen LogP contribution in [0.25, 0.3) is 0 Å². The Morgan fingerprint density at radius 3 is 2.45 bits per heavy atom. The summed E-state index contributed by atoms with van der Waals surface area (Å²) in [6.45, 7) is 4.17. The lowest BCUT2D eigenvalue weighted by molar-refractivity contribution is 1.17. The molecule has 0 saturated carbocycles. The van der Waals surface area contributed by atoms with E-state index in [0.717, 1.165) is 21.4 Å². The molecule has 20 heavy (non-hydrogen) atoms. The van der Waals surface area contributed by atoms with Gasteiger partial charge in [-0.3, -0.25) is 5.41 Å². The first-order valence-corrected chi connectivity index (χ1v) is 7.15. The molecule has 0 fully saturated rings. The summed E-state index contributed by atoms with van der Waals surface area (Å²) in [6, 6.07) is 12.2. The summed E-state index contributed by atoms with van der Waals surface area (Å²) in [6.07, 6.45) is 0. The summed E-state index contributed by atoms with van der Waals surface area (Å²) in [5, 5.41) is 7.78. The van der Waals surface area contributed by atoms with Gasteiger partial charge in [0.1, 0.15) is 5.84 Å². The number of aryl methyl sites for hydroxylation is 2. The Morgan fingerprint density at radius 1 is 1.15 bits per heavy atom. The molecular formula is C16H18BrN3. The highest BCUT2D eigenvalue weighted by Gasteiger charge is 2.15. The van der Waals surface area contributed by atoms with Crippen LogP contribution >= 0.6 is 15.9 Å². The number of benzene rings is 2. The largest absolute Gasteiger partial charge is 0.384 e. The predicted octanol–water partition coefficient (Wildman–Crippen LogP) is 4.12. The zero-order valence-electron chi connectivity index (χ0n) is 11.9. The summed E-state index contributed by atoms with van der Waals surface area (Å²) in [4.78, 5) is 2.07. The van der Waals surface area contributed by atoms with E-state index < -0.39 is 0 Å². The van der Waals surface area contributed by atoms with E-state index in [-0.39, 0.29) is 5.84 Å². The average Bonchev–Trinajstić information content (AvgIpc) is 2.37. The van der Waals surface area contributed by atoms with Crippen LogP contribution in [0.3, 0.4) is 0 Å². The Bertz CT molecular complexity index is 665. The van der Waals surface area contributed by atoms with Gasteiger partial charge >= 0.3 is 0 Å². The quantitative estimate of drug-likeness (QED) is 0.656. The number of hydrogen-bond acceptors (Lipinski definition) is 2. The van der Waals surface area contributed by atoms with Crippen molar-refractivity contribution in [2.75, 3.05) is 11.9 Å². The molecular weight excluding hydrogens is 314 g/mol. The molecule has 2 aromatic carbocycles. The Kier molecular flexibility index (Phi) is 4.14. The van der Waals surface area contributed by atoms with Gasteiger partial charge in [0.15, 0.2) is 0 Å². The van der Waals surface area contributed by atoms with Crippen LogP contribution in [-0.2, 0) is 0 Å². The van der Waals surface area contributed by atoms with Crippen molar-refractivity contribution in [3.8, 4) is 0 Å². The first-order valence-electron chi connectivity index (χ1n) is 6.35. The van der Waals surface area contributed by atoms with E-state index in [4.69, 9.17) is 11.1 Å². The minimum atomic E-state index is 0.0593. The highest BCUT2D eigenvalue weighted by Crippen LogP contribution is 2.33. The third-order valence-electron chi connectivity index (χ3n) is 3.34. The van der Waals surface area contributed by atoms with E-state index in [2.05, 4.69) is 52.9 Å². The van der Waals surface area contributed by atoms with Gasteiger partial charge in [-0.25, -0.2) is 0 Å². The molecule has 0 radical (unpaired) electrons. The van der Waals surface area contributed by atoms with E-state index in [1.165, 1.54) is 11.1 Å². The van der Waals surface area contributed by atoms with E-state index in [1.807, 2.05) is 25.2 Å². The number of amidine groups is 1. The zero-order chi connectivity index (χ0) is 14.9. The molecule has 0 atom stereocenters. The number of halogens is 1. The molecule has 0 aromatic heterocycles. The minimum Gasteiger partial charge on any atom is -0.384 e. The molecule has 0 spiro atoms. The minimum absolute atomic E-state index is 0.0593. The highest BCUT2D eigenvalue weighted by molar-refractivity contribution is 9.10. The fraction of sp³-hybridized carbons (Fsp3) is 0.188. The molecule has 0 saturated heterocycles. The van der Waals surface area contributed by atoms with Crippen molar-refractivity contribution in [3.63, 3.8) is 0 Å². The molecule has 4 heteroatoms.